The van der Waals surface area contributed by atoms with Crippen LogP contribution in [-0.4, -0.2) is 21.0 Å². The van der Waals surface area contributed by atoms with Crippen molar-refractivity contribution in [2.75, 3.05) is 0 Å². The lowest BCUT2D eigenvalue weighted by Crippen LogP contribution is -2.15. The summed E-state index contributed by atoms with van der Waals surface area (Å²) in [6.07, 6.45) is -2.99. The van der Waals surface area contributed by atoms with Gasteiger partial charge in [-0.05, 0) is 0 Å². The van der Waals surface area contributed by atoms with Gasteiger partial charge in [0.05, 0.1) is 0 Å². The van der Waals surface area contributed by atoms with Gasteiger partial charge >= 0.3 is 5.97 Å². The molecule has 2 N–H and O–H groups in total. The summed E-state index contributed by atoms with van der Waals surface area (Å²) in [5.41, 5.74) is -1.61. The number of carbonyl (C=O) groups is 1. The zero-order valence-corrected chi connectivity index (χ0v) is 6.12. The molecule has 0 amide bonds. The molecule has 70 valence electrons. The minimum absolute atomic E-state index is 0.633. The van der Waals surface area contributed by atoms with Gasteiger partial charge in [0.1, 0.15) is 0 Å². The molecule has 0 aliphatic rings. The van der Waals surface area contributed by atoms with Gasteiger partial charge in [-0.1, -0.05) is 0 Å². The molecule has 1 rings (SSSR count). The SMILES string of the molecule is O=C(O)c1cc(=O)[nH]c(C(F)F)n1. The van der Waals surface area contributed by atoms with E-state index in [1.807, 2.05) is 0 Å². The van der Waals surface area contributed by atoms with E-state index in [9.17, 15) is 18.4 Å². The number of hydrogen-bond donors (Lipinski definition) is 2. The number of H-pyrrole nitrogens is 1. The van der Waals surface area contributed by atoms with Gasteiger partial charge in [0.2, 0.25) is 0 Å². The summed E-state index contributed by atoms with van der Waals surface area (Å²) < 4.78 is 23.9. The van der Waals surface area contributed by atoms with Crippen LogP contribution in [0.1, 0.15) is 22.7 Å². The van der Waals surface area contributed by atoms with Gasteiger partial charge in [-0.3, -0.25) is 4.79 Å². The molecule has 0 fully saturated rings. The average Bonchev–Trinajstić information content (AvgIpc) is 2.03. The van der Waals surface area contributed by atoms with Crippen LogP contribution in [0.25, 0.3) is 0 Å². The number of carboxylic acid groups (broad SMARTS) is 1. The van der Waals surface area contributed by atoms with Gasteiger partial charge in [-0.15, -0.1) is 0 Å². The molecule has 7 heteroatoms. The van der Waals surface area contributed by atoms with E-state index in [1.165, 1.54) is 0 Å². The second kappa shape index (κ2) is 3.30. The molecule has 0 saturated heterocycles. The number of rotatable bonds is 2. The van der Waals surface area contributed by atoms with E-state index in [2.05, 4.69) is 4.98 Å². The molecule has 0 saturated carbocycles. The van der Waals surface area contributed by atoms with Crippen LogP contribution in [0.4, 0.5) is 8.78 Å². The summed E-state index contributed by atoms with van der Waals surface area (Å²) in [5.74, 6) is -2.46. The Morgan fingerprint density at radius 3 is 2.69 bits per heavy atom. The van der Waals surface area contributed by atoms with E-state index in [-0.39, 0.29) is 0 Å². The van der Waals surface area contributed by atoms with E-state index >= 15 is 0 Å². The molecule has 0 bridgehead atoms. The summed E-state index contributed by atoms with van der Waals surface area (Å²) in [6, 6.07) is 0.633. The number of nitrogens with zero attached hydrogens (tertiary/aromatic N) is 1. The number of alkyl halides is 2. The molecule has 5 nitrogen and oxygen atoms in total. The third kappa shape index (κ3) is 2.08. The molecule has 0 aromatic carbocycles. The summed E-state index contributed by atoms with van der Waals surface area (Å²) >= 11 is 0. The van der Waals surface area contributed by atoms with E-state index in [0.29, 0.717) is 6.07 Å². The van der Waals surface area contributed by atoms with Crippen molar-refractivity contribution in [2.24, 2.45) is 0 Å². The fourth-order valence-corrected chi connectivity index (χ4v) is 0.689. The molecule has 1 aromatic rings. The van der Waals surface area contributed by atoms with Crippen LogP contribution in [0.15, 0.2) is 10.9 Å². The predicted octanol–water partition coefficient (Wildman–Crippen LogP) is 0.406. The Bertz CT molecular complexity index is 388. The van der Waals surface area contributed by atoms with Crippen molar-refractivity contribution in [3.63, 3.8) is 0 Å². The summed E-state index contributed by atoms with van der Waals surface area (Å²) in [6.45, 7) is 0. The molecule has 0 radical (unpaired) electrons. The fraction of sp³-hybridized carbons (Fsp3) is 0.167. The van der Waals surface area contributed by atoms with Crippen LogP contribution >= 0.6 is 0 Å². The monoisotopic (exact) mass is 190 g/mol. The van der Waals surface area contributed by atoms with Gasteiger partial charge < -0.3 is 10.1 Å². The smallest absolute Gasteiger partial charge is 0.354 e. The highest BCUT2D eigenvalue weighted by Crippen LogP contribution is 2.11. The molecule has 0 aliphatic carbocycles. The minimum Gasteiger partial charge on any atom is -0.477 e. The predicted molar refractivity (Wildman–Crippen MR) is 36.8 cm³/mol. The molecule has 0 atom stereocenters. The normalized spacial score (nSPS) is 10.4. The Morgan fingerprint density at radius 1 is 1.62 bits per heavy atom. The standard InChI is InChI=1S/C6H4F2N2O3/c7-4(8)5-9-2(6(12)13)1-3(11)10-5/h1,4H,(H,12,13)(H,9,10,11). The fourth-order valence-electron chi connectivity index (χ4n) is 0.689. The van der Waals surface area contributed by atoms with E-state index in [1.54, 1.807) is 4.98 Å². The molecule has 1 aromatic heterocycles. The second-order valence-electron chi connectivity index (χ2n) is 2.12. The number of halogens is 2. The Balaban J connectivity index is 3.27. The lowest BCUT2D eigenvalue weighted by atomic mass is 10.4. The zero-order chi connectivity index (χ0) is 10.0. The molecule has 0 unspecified atom stereocenters. The largest absolute Gasteiger partial charge is 0.477 e. The van der Waals surface area contributed by atoms with Crippen LogP contribution in [0.5, 0.6) is 0 Å². The van der Waals surface area contributed by atoms with Gasteiger partial charge in [-0.2, -0.15) is 0 Å². The zero-order valence-electron chi connectivity index (χ0n) is 6.12. The molecule has 0 spiro atoms. The first-order valence-corrected chi connectivity index (χ1v) is 3.13. The Kier molecular flexibility index (Phi) is 2.36. The molecule has 1 heterocycles. The summed E-state index contributed by atoms with van der Waals surface area (Å²) in [5, 5.41) is 8.36. The third-order valence-electron chi connectivity index (χ3n) is 1.19. The topological polar surface area (TPSA) is 83.0 Å². The number of nitrogens with one attached hydrogen (secondary N) is 1. The highest BCUT2D eigenvalue weighted by molar-refractivity contribution is 5.85. The number of aromatic nitrogens is 2. The van der Waals surface area contributed by atoms with Crippen LogP contribution in [-0.2, 0) is 0 Å². The van der Waals surface area contributed by atoms with Crippen molar-refractivity contribution in [3.05, 3.63) is 27.9 Å². The number of aromatic carboxylic acids is 1. The summed E-state index contributed by atoms with van der Waals surface area (Å²) in [4.78, 5) is 25.6. The van der Waals surface area contributed by atoms with Crippen molar-refractivity contribution < 1.29 is 18.7 Å². The minimum atomic E-state index is -2.99. The first-order chi connectivity index (χ1) is 6.00. The second-order valence-corrected chi connectivity index (χ2v) is 2.12. The van der Waals surface area contributed by atoms with Crippen molar-refractivity contribution in [2.45, 2.75) is 6.43 Å². The molecule has 0 aliphatic heterocycles. The average molecular weight is 190 g/mol. The van der Waals surface area contributed by atoms with Crippen LogP contribution < -0.4 is 5.56 Å². The number of aromatic amines is 1. The lowest BCUT2D eigenvalue weighted by Gasteiger charge is -1.98. The van der Waals surface area contributed by atoms with Crippen molar-refractivity contribution in [3.8, 4) is 0 Å². The highest BCUT2D eigenvalue weighted by atomic mass is 19.3. The summed E-state index contributed by atoms with van der Waals surface area (Å²) in [7, 11) is 0. The quantitative estimate of drug-likeness (QED) is 0.707. The Labute approximate surface area is 70.0 Å². The highest BCUT2D eigenvalue weighted by Gasteiger charge is 2.14. The first kappa shape index (κ1) is 9.30. The Hall–Kier alpha value is -1.79. The lowest BCUT2D eigenvalue weighted by molar-refractivity contribution is 0.0687. The van der Waals surface area contributed by atoms with E-state index in [0.717, 1.165) is 0 Å². The maximum absolute atomic E-state index is 12.0. The Morgan fingerprint density at radius 2 is 2.23 bits per heavy atom. The maximum atomic E-state index is 12.0. The number of carboxylic acids is 1. The molecular formula is C6H4F2N2O3. The first-order valence-electron chi connectivity index (χ1n) is 3.13. The van der Waals surface area contributed by atoms with Crippen LogP contribution in [0.3, 0.4) is 0 Å². The van der Waals surface area contributed by atoms with Gasteiger partial charge in [-0.25, -0.2) is 18.6 Å². The van der Waals surface area contributed by atoms with Crippen molar-refractivity contribution >= 4 is 5.97 Å². The van der Waals surface area contributed by atoms with Gasteiger partial charge in [0, 0.05) is 6.07 Å². The molecule has 13 heavy (non-hydrogen) atoms. The third-order valence-corrected chi connectivity index (χ3v) is 1.19. The maximum Gasteiger partial charge on any atom is 0.354 e. The number of hydrogen-bond acceptors (Lipinski definition) is 3. The van der Waals surface area contributed by atoms with Crippen molar-refractivity contribution in [1.82, 2.24) is 9.97 Å². The van der Waals surface area contributed by atoms with Crippen LogP contribution in [0.2, 0.25) is 0 Å². The van der Waals surface area contributed by atoms with Crippen LogP contribution in [0, 0.1) is 0 Å². The molecular weight excluding hydrogens is 186 g/mol. The van der Waals surface area contributed by atoms with Gasteiger partial charge in [0.25, 0.3) is 12.0 Å². The van der Waals surface area contributed by atoms with Gasteiger partial charge in [0.15, 0.2) is 11.5 Å². The van der Waals surface area contributed by atoms with Crippen molar-refractivity contribution in [1.29, 1.82) is 0 Å². The van der Waals surface area contributed by atoms with E-state index in [4.69, 9.17) is 5.11 Å². The van der Waals surface area contributed by atoms with E-state index < -0.39 is 29.5 Å².